The number of nitrogens with zero attached hydrogens (tertiary/aromatic N) is 2. The summed E-state index contributed by atoms with van der Waals surface area (Å²) in [4.78, 5) is 16.7. The van der Waals surface area contributed by atoms with Crippen LogP contribution in [0.5, 0.6) is 0 Å². The molecule has 0 aliphatic heterocycles. The zero-order valence-corrected chi connectivity index (χ0v) is 12.5. The molecule has 0 aliphatic carbocycles. The van der Waals surface area contributed by atoms with Crippen LogP contribution >= 0.6 is 11.3 Å². The molecule has 0 saturated carbocycles. The number of benzene rings is 1. The molecule has 0 spiro atoms. The lowest BCUT2D eigenvalue weighted by Gasteiger charge is -2.06. The third-order valence-corrected chi connectivity index (χ3v) is 4.15. The molecule has 6 heteroatoms. The molecule has 3 rings (SSSR count). The number of thiazole rings is 1. The molecular weight excluding hydrogens is 284 g/mol. The number of rotatable bonds is 5. The first-order chi connectivity index (χ1) is 10.1. The third-order valence-electron chi connectivity index (χ3n) is 3.39. The first-order valence-corrected chi connectivity index (χ1v) is 7.53. The first-order valence-electron chi connectivity index (χ1n) is 6.65. The van der Waals surface area contributed by atoms with E-state index < -0.39 is 5.91 Å². The van der Waals surface area contributed by atoms with Crippen LogP contribution in [0.2, 0.25) is 0 Å². The highest BCUT2D eigenvalue weighted by atomic mass is 32.1. The molecular formula is C15H16N4OS. The smallest absolute Gasteiger partial charge is 0.248 e. The number of aryl methyl sites for hydroxylation is 1. The van der Waals surface area contributed by atoms with Crippen LogP contribution in [0.15, 0.2) is 35.8 Å². The lowest BCUT2D eigenvalue weighted by atomic mass is 10.1. The van der Waals surface area contributed by atoms with Crippen LogP contribution in [-0.4, -0.2) is 15.3 Å². The number of primary amides is 1. The van der Waals surface area contributed by atoms with Crippen molar-refractivity contribution in [2.45, 2.75) is 20.0 Å². The molecule has 0 saturated heterocycles. The van der Waals surface area contributed by atoms with E-state index in [1.165, 1.54) is 0 Å². The maximum absolute atomic E-state index is 11.2. The van der Waals surface area contributed by atoms with Crippen LogP contribution in [0.1, 0.15) is 27.3 Å². The van der Waals surface area contributed by atoms with Gasteiger partial charge < -0.3 is 11.1 Å². The van der Waals surface area contributed by atoms with Crippen molar-refractivity contribution < 1.29 is 4.79 Å². The van der Waals surface area contributed by atoms with Crippen molar-refractivity contribution in [3.8, 4) is 0 Å². The average Bonchev–Trinajstić information content (AvgIpc) is 3.01. The van der Waals surface area contributed by atoms with Gasteiger partial charge in [0, 0.05) is 30.2 Å². The zero-order chi connectivity index (χ0) is 14.8. The Morgan fingerprint density at radius 2 is 2.29 bits per heavy atom. The number of hydrogen-bond acceptors (Lipinski definition) is 4. The summed E-state index contributed by atoms with van der Waals surface area (Å²) in [7, 11) is 0. The summed E-state index contributed by atoms with van der Waals surface area (Å²) < 4.78 is 2.10. The molecule has 108 valence electrons. The van der Waals surface area contributed by atoms with Crippen molar-refractivity contribution in [1.82, 2.24) is 14.7 Å². The molecule has 1 aromatic carbocycles. The van der Waals surface area contributed by atoms with Crippen molar-refractivity contribution in [2.75, 3.05) is 0 Å². The molecule has 0 unspecified atom stereocenters. The van der Waals surface area contributed by atoms with Crippen LogP contribution < -0.4 is 11.1 Å². The van der Waals surface area contributed by atoms with E-state index in [1.807, 2.05) is 36.7 Å². The summed E-state index contributed by atoms with van der Waals surface area (Å²) in [5.41, 5.74) is 9.07. The van der Waals surface area contributed by atoms with Gasteiger partial charge in [-0.05, 0) is 24.6 Å². The van der Waals surface area contributed by atoms with Crippen LogP contribution in [0.25, 0.3) is 4.96 Å². The number of nitrogens with two attached hydrogens (primary N) is 1. The standard InChI is InChI=1S/C15H16N4OS/c1-10-13(19-5-6-21-15(19)18-10)9-17-8-11-3-2-4-12(7-11)14(16)20/h2-7,17H,8-9H2,1H3,(H2,16,20). The first kappa shape index (κ1) is 13.8. The second-order valence-electron chi connectivity index (χ2n) is 4.87. The zero-order valence-electron chi connectivity index (χ0n) is 11.7. The van der Waals surface area contributed by atoms with E-state index >= 15 is 0 Å². The number of amides is 1. The van der Waals surface area contributed by atoms with Gasteiger partial charge in [0.05, 0.1) is 11.4 Å². The van der Waals surface area contributed by atoms with E-state index in [9.17, 15) is 4.79 Å². The van der Waals surface area contributed by atoms with E-state index in [0.29, 0.717) is 12.1 Å². The fourth-order valence-corrected chi connectivity index (χ4v) is 3.09. The lowest BCUT2D eigenvalue weighted by molar-refractivity contribution is 0.1000. The molecule has 5 nitrogen and oxygen atoms in total. The fraction of sp³-hybridized carbons (Fsp3) is 0.200. The summed E-state index contributed by atoms with van der Waals surface area (Å²) in [6, 6.07) is 7.36. The van der Waals surface area contributed by atoms with Gasteiger partial charge in [0.25, 0.3) is 0 Å². The molecule has 0 radical (unpaired) electrons. The van der Waals surface area contributed by atoms with Crippen LogP contribution in [0.3, 0.4) is 0 Å². The van der Waals surface area contributed by atoms with Gasteiger partial charge in [-0.1, -0.05) is 12.1 Å². The van der Waals surface area contributed by atoms with Gasteiger partial charge in [-0.15, -0.1) is 11.3 Å². The molecule has 3 N–H and O–H groups in total. The number of nitrogens with one attached hydrogen (secondary N) is 1. The molecule has 21 heavy (non-hydrogen) atoms. The molecule has 1 amide bonds. The van der Waals surface area contributed by atoms with Crippen molar-refractivity contribution in [3.63, 3.8) is 0 Å². The Morgan fingerprint density at radius 3 is 3.10 bits per heavy atom. The largest absolute Gasteiger partial charge is 0.366 e. The van der Waals surface area contributed by atoms with Gasteiger partial charge in [0.1, 0.15) is 0 Å². The van der Waals surface area contributed by atoms with Gasteiger partial charge in [-0.2, -0.15) is 0 Å². The van der Waals surface area contributed by atoms with Crippen LogP contribution in [-0.2, 0) is 13.1 Å². The average molecular weight is 300 g/mol. The number of carbonyl (C=O) groups excluding carboxylic acids is 1. The highest BCUT2D eigenvalue weighted by molar-refractivity contribution is 7.15. The number of carbonyl (C=O) groups is 1. The highest BCUT2D eigenvalue weighted by Crippen LogP contribution is 2.16. The number of hydrogen-bond donors (Lipinski definition) is 2. The maximum Gasteiger partial charge on any atom is 0.248 e. The highest BCUT2D eigenvalue weighted by Gasteiger charge is 2.09. The summed E-state index contributed by atoms with van der Waals surface area (Å²) in [5, 5.41) is 5.41. The number of imidazole rings is 1. The monoisotopic (exact) mass is 300 g/mol. The van der Waals surface area contributed by atoms with E-state index in [0.717, 1.165) is 28.5 Å². The summed E-state index contributed by atoms with van der Waals surface area (Å²) >= 11 is 1.63. The quantitative estimate of drug-likeness (QED) is 0.758. The number of fused-ring (bicyclic) bond motifs is 1. The van der Waals surface area contributed by atoms with Crippen molar-refractivity contribution in [1.29, 1.82) is 0 Å². The minimum atomic E-state index is -0.400. The Morgan fingerprint density at radius 1 is 1.43 bits per heavy atom. The van der Waals surface area contributed by atoms with E-state index in [2.05, 4.69) is 14.7 Å². The van der Waals surface area contributed by atoms with Gasteiger partial charge in [-0.25, -0.2) is 4.98 Å². The molecule has 0 aliphatic rings. The minimum absolute atomic E-state index is 0.400. The molecule has 0 bridgehead atoms. The van der Waals surface area contributed by atoms with E-state index in [4.69, 9.17) is 5.73 Å². The molecule has 0 fully saturated rings. The molecule has 0 atom stereocenters. The van der Waals surface area contributed by atoms with Gasteiger partial charge in [0.15, 0.2) is 4.96 Å². The van der Waals surface area contributed by atoms with E-state index in [-0.39, 0.29) is 0 Å². The van der Waals surface area contributed by atoms with E-state index in [1.54, 1.807) is 17.4 Å². The summed E-state index contributed by atoms with van der Waals surface area (Å²) in [6.07, 6.45) is 2.03. The number of aromatic nitrogens is 2. The Balaban J connectivity index is 1.68. The second-order valence-corrected chi connectivity index (χ2v) is 5.74. The predicted molar refractivity (Wildman–Crippen MR) is 83.3 cm³/mol. The SMILES string of the molecule is Cc1nc2sccn2c1CNCc1cccc(C(N)=O)c1. The Kier molecular flexibility index (Phi) is 3.72. The normalized spacial score (nSPS) is 11.1. The third kappa shape index (κ3) is 2.81. The van der Waals surface area contributed by atoms with Crippen molar-refractivity contribution in [3.05, 3.63) is 58.4 Å². The Labute approximate surface area is 126 Å². The molecule has 3 aromatic rings. The maximum atomic E-state index is 11.2. The molecule has 2 aromatic heterocycles. The lowest BCUT2D eigenvalue weighted by Crippen LogP contribution is -2.16. The Hall–Kier alpha value is -2.18. The van der Waals surface area contributed by atoms with Crippen molar-refractivity contribution >= 4 is 22.2 Å². The van der Waals surface area contributed by atoms with Gasteiger partial charge in [-0.3, -0.25) is 9.20 Å². The second kappa shape index (κ2) is 5.67. The Bertz CT molecular complexity index is 790. The predicted octanol–water partition coefficient (Wildman–Crippen LogP) is 2.09. The van der Waals surface area contributed by atoms with Crippen LogP contribution in [0.4, 0.5) is 0 Å². The van der Waals surface area contributed by atoms with Crippen molar-refractivity contribution in [2.24, 2.45) is 5.73 Å². The minimum Gasteiger partial charge on any atom is -0.366 e. The van der Waals surface area contributed by atoms with Gasteiger partial charge in [0.2, 0.25) is 5.91 Å². The molecule has 2 heterocycles. The fourth-order valence-electron chi connectivity index (χ4n) is 2.31. The van der Waals surface area contributed by atoms with Crippen LogP contribution in [0, 0.1) is 6.92 Å². The topological polar surface area (TPSA) is 72.4 Å². The summed E-state index contributed by atoms with van der Waals surface area (Å²) in [6.45, 7) is 3.42. The summed E-state index contributed by atoms with van der Waals surface area (Å²) in [5.74, 6) is -0.400. The van der Waals surface area contributed by atoms with Gasteiger partial charge >= 0.3 is 0 Å².